The van der Waals surface area contributed by atoms with Crippen molar-refractivity contribution >= 4 is 0 Å². The van der Waals surface area contributed by atoms with Crippen LogP contribution in [0.5, 0.6) is 0 Å². The molecule has 0 bridgehead atoms. The minimum atomic E-state index is -0.319. The van der Waals surface area contributed by atoms with Crippen molar-refractivity contribution in [2.24, 2.45) is 0 Å². The fourth-order valence-electron chi connectivity index (χ4n) is 3.54. The first-order chi connectivity index (χ1) is 14.1. The second kappa shape index (κ2) is 7.61. The molecule has 0 fully saturated rings. The summed E-state index contributed by atoms with van der Waals surface area (Å²) in [4.78, 5) is 13.4. The van der Waals surface area contributed by atoms with Crippen LogP contribution in [0.3, 0.4) is 0 Å². The highest BCUT2D eigenvalue weighted by molar-refractivity contribution is 5.75. The van der Waals surface area contributed by atoms with Crippen LogP contribution in [0.1, 0.15) is 17.0 Å². The summed E-state index contributed by atoms with van der Waals surface area (Å²) in [7, 11) is 0. The molecule has 0 saturated heterocycles. The van der Waals surface area contributed by atoms with E-state index in [1.54, 1.807) is 9.25 Å². The van der Waals surface area contributed by atoms with Crippen LogP contribution in [0.15, 0.2) is 77.6 Å². The highest BCUT2D eigenvalue weighted by atomic mass is 16.1. The van der Waals surface area contributed by atoms with E-state index in [1.165, 1.54) is 0 Å². The van der Waals surface area contributed by atoms with Crippen LogP contribution in [0.2, 0.25) is 0 Å². The molecular formula is C24H20N4O. The number of nitrogens with zero attached hydrogens (tertiary/aromatic N) is 4. The van der Waals surface area contributed by atoms with Crippen LogP contribution in [0.4, 0.5) is 0 Å². The first-order valence-corrected chi connectivity index (χ1v) is 9.38. The van der Waals surface area contributed by atoms with Crippen molar-refractivity contribution in [2.75, 3.05) is 0 Å². The standard InChI is InChI=1S/C24H20N4O/c1-17-13-18(2)28(26-17)16-27-23(20-11-7-4-8-12-20)14-21(22(15-25)24(27)29)19-9-5-3-6-10-19/h3-14H,16H2,1-2H3. The highest BCUT2D eigenvalue weighted by Crippen LogP contribution is 2.27. The molecule has 2 heterocycles. The number of rotatable bonds is 4. The Morgan fingerprint density at radius 2 is 1.55 bits per heavy atom. The van der Waals surface area contributed by atoms with Crippen LogP contribution < -0.4 is 5.56 Å². The van der Waals surface area contributed by atoms with Crippen molar-refractivity contribution in [3.05, 3.63) is 100 Å². The second-order valence-corrected chi connectivity index (χ2v) is 6.96. The molecule has 0 spiro atoms. The summed E-state index contributed by atoms with van der Waals surface area (Å²) in [5.74, 6) is 0. The summed E-state index contributed by atoms with van der Waals surface area (Å²) in [6.07, 6.45) is 0. The van der Waals surface area contributed by atoms with Crippen molar-refractivity contribution in [1.29, 1.82) is 5.26 Å². The zero-order chi connectivity index (χ0) is 20.4. The fraction of sp³-hybridized carbons (Fsp3) is 0.125. The van der Waals surface area contributed by atoms with Crippen LogP contribution in [-0.4, -0.2) is 14.3 Å². The van der Waals surface area contributed by atoms with Crippen molar-refractivity contribution in [3.63, 3.8) is 0 Å². The van der Waals surface area contributed by atoms with Crippen LogP contribution in [0.25, 0.3) is 22.4 Å². The van der Waals surface area contributed by atoms with Gasteiger partial charge in [0, 0.05) is 11.3 Å². The molecule has 0 atom stereocenters. The Balaban J connectivity index is 2.00. The maximum Gasteiger partial charge on any atom is 0.271 e. The fourth-order valence-corrected chi connectivity index (χ4v) is 3.54. The molecule has 2 aromatic heterocycles. The normalized spacial score (nSPS) is 10.7. The first kappa shape index (κ1) is 18.5. The Labute approximate surface area is 169 Å². The van der Waals surface area contributed by atoms with Gasteiger partial charge in [-0.25, -0.2) is 4.68 Å². The molecule has 0 aliphatic heterocycles. The smallest absolute Gasteiger partial charge is 0.271 e. The molecule has 4 rings (SSSR count). The molecule has 0 amide bonds. The van der Waals surface area contributed by atoms with Crippen molar-refractivity contribution in [2.45, 2.75) is 20.5 Å². The molecule has 5 nitrogen and oxygen atoms in total. The lowest BCUT2D eigenvalue weighted by molar-refractivity contribution is 0.524. The number of nitriles is 1. The van der Waals surface area contributed by atoms with E-state index in [0.717, 1.165) is 28.2 Å². The van der Waals surface area contributed by atoms with E-state index in [-0.39, 0.29) is 17.8 Å². The van der Waals surface area contributed by atoms with Gasteiger partial charge in [0.15, 0.2) is 0 Å². The van der Waals surface area contributed by atoms with E-state index in [1.807, 2.05) is 86.6 Å². The van der Waals surface area contributed by atoms with E-state index in [0.29, 0.717) is 5.56 Å². The minimum Gasteiger partial charge on any atom is -0.287 e. The number of aryl methyl sites for hydroxylation is 2. The molecule has 29 heavy (non-hydrogen) atoms. The molecule has 0 radical (unpaired) electrons. The number of hydrogen-bond donors (Lipinski definition) is 0. The SMILES string of the molecule is Cc1cc(C)n(Cn2c(-c3ccccc3)cc(-c3ccccc3)c(C#N)c2=O)n1. The molecule has 2 aromatic carbocycles. The highest BCUT2D eigenvalue weighted by Gasteiger charge is 2.18. The first-order valence-electron chi connectivity index (χ1n) is 9.38. The molecular weight excluding hydrogens is 360 g/mol. The lowest BCUT2D eigenvalue weighted by Crippen LogP contribution is -2.28. The molecule has 0 aliphatic rings. The Hall–Kier alpha value is -3.91. The average Bonchev–Trinajstić information content (AvgIpc) is 3.07. The maximum atomic E-state index is 13.4. The summed E-state index contributed by atoms with van der Waals surface area (Å²) in [5.41, 5.74) is 4.81. The van der Waals surface area contributed by atoms with Gasteiger partial charge in [0.2, 0.25) is 0 Å². The lowest BCUT2D eigenvalue weighted by atomic mass is 9.98. The van der Waals surface area contributed by atoms with E-state index in [2.05, 4.69) is 11.2 Å². The van der Waals surface area contributed by atoms with Crippen LogP contribution >= 0.6 is 0 Å². The van der Waals surface area contributed by atoms with Gasteiger partial charge in [-0.2, -0.15) is 10.4 Å². The topological polar surface area (TPSA) is 63.6 Å². The van der Waals surface area contributed by atoms with Gasteiger partial charge >= 0.3 is 0 Å². The van der Waals surface area contributed by atoms with Crippen molar-refractivity contribution in [3.8, 4) is 28.5 Å². The predicted molar refractivity (Wildman–Crippen MR) is 113 cm³/mol. The van der Waals surface area contributed by atoms with Gasteiger partial charge in [-0.15, -0.1) is 0 Å². The van der Waals surface area contributed by atoms with Crippen molar-refractivity contribution in [1.82, 2.24) is 14.3 Å². The quantitative estimate of drug-likeness (QED) is 0.528. The summed E-state index contributed by atoms with van der Waals surface area (Å²) >= 11 is 0. The molecule has 5 heteroatoms. The monoisotopic (exact) mass is 380 g/mol. The third-order valence-corrected chi connectivity index (χ3v) is 4.95. The van der Waals surface area contributed by atoms with Gasteiger partial charge in [-0.1, -0.05) is 60.7 Å². The zero-order valence-electron chi connectivity index (χ0n) is 16.3. The van der Waals surface area contributed by atoms with Crippen molar-refractivity contribution < 1.29 is 0 Å². The van der Waals surface area contributed by atoms with Gasteiger partial charge in [0.25, 0.3) is 5.56 Å². The zero-order valence-corrected chi connectivity index (χ0v) is 16.3. The van der Waals surface area contributed by atoms with E-state index in [4.69, 9.17) is 0 Å². The molecule has 0 saturated carbocycles. The summed E-state index contributed by atoms with van der Waals surface area (Å²) < 4.78 is 3.41. The van der Waals surface area contributed by atoms with Gasteiger partial charge in [-0.05, 0) is 37.1 Å². The number of aromatic nitrogens is 3. The van der Waals surface area contributed by atoms with Gasteiger partial charge in [-0.3, -0.25) is 9.36 Å². The largest absolute Gasteiger partial charge is 0.287 e. The third-order valence-electron chi connectivity index (χ3n) is 4.95. The summed E-state index contributed by atoms with van der Waals surface area (Å²) in [6, 6.07) is 25.3. The molecule has 0 aliphatic carbocycles. The number of hydrogen-bond acceptors (Lipinski definition) is 3. The van der Waals surface area contributed by atoms with E-state index in [9.17, 15) is 10.1 Å². The molecule has 4 aromatic rings. The van der Waals surface area contributed by atoms with E-state index < -0.39 is 0 Å². The lowest BCUT2D eigenvalue weighted by Gasteiger charge is -2.17. The second-order valence-electron chi connectivity index (χ2n) is 6.96. The molecule has 142 valence electrons. The Morgan fingerprint density at radius 3 is 2.10 bits per heavy atom. The summed E-state index contributed by atoms with van der Waals surface area (Å²) in [5, 5.41) is 14.3. The summed E-state index contributed by atoms with van der Waals surface area (Å²) in [6.45, 7) is 4.12. The third kappa shape index (κ3) is 3.48. The Morgan fingerprint density at radius 1 is 0.931 bits per heavy atom. The Kier molecular flexibility index (Phi) is 4.84. The molecule has 0 N–H and O–H groups in total. The Bertz CT molecular complexity index is 1260. The predicted octanol–water partition coefficient (Wildman–Crippen LogP) is 4.37. The molecule has 0 unspecified atom stereocenters. The minimum absolute atomic E-state index is 0.136. The number of benzene rings is 2. The van der Waals surface area contributed by atoms with Crippen LogP contribution in [0, 0.1) is 25.2 Å². The number of pyridine rings is 1. The van der Waals surface area contributed by atoms with Gasteiger partial charge < -0.3 is 0 Å². The maximum absolute atomic E-state index is 13.4. The van der Waals surface area contributed by atoms with Crippen LogP contribution in [-0.2, 0) is 6.67 Å². The van der Waals surface area contributed by atoms with E-state index >= 15 is 0 Å². The van der Waals surface area contributed by atoms with Gasteiger partial charge in [0.1, 0.15) is 18.3 Å². The average molecular weight is 380 g/mol. The van der Waals surface area contributed by atoms with Gasteiger partial charge in [0.05, 0.1) is 11.4 Å².